The number of nitrogens with one attached hydrogen (secondary N) is 2. The van der Waals surface area contributed by atoms with Gasteiger partial charge in [-0.05, 0) is 67.9 Å². The molecule has 0 unspecified atom stereocenters. The van der Waals surface area contributed by atoms with Crippen LogP contribution in [-0.2, 0) is 20.0 Å². The molecule has 0 aliphatic heterocycles. The molecule has 0 spiro atoms. The summed E-state index contributed by atoms with van der Waals surface area (Å²) in [6.07, 6.45) is 1.06. The number of carbonyl (C=O) groups is 2. The predicted octanol–water partition coefficient (Wildman–Crippen LogP) is 5.05. The van der Waals surface area contributed by atoms with Crippen molar-refractivity contribution in [1.82, 2.24) is 0 Å². The Morgan fingerprint density at radius 1 is 0.939 bits per heavy atom. The van der Waals surface area contributed by atoms with Crippen LogP contribution in [0, 0.1) is 5.82 Å². The number of anilines is 2. The number of rotatable bonds is 6. The summed E-state index contributed by atoms with van der Waals surface area (Å²) in [6, 6.07) is 16.0. The predicted molar refractivity (Wildman–Crippen MR) is 127 cm³/mol. The lowest BCUT2D eigenvalue weighted by molar-refractivity contribution is -0.120. The van der Waals surface area contributed by atoms with Gasteiger partial charge in [0.2, 0.25) is 5.91 Å². The van der Waals surface area contributed by atoms with Crippen LogP contribution in [0.15, 0.2) is 71.6 Å². The minimum Gasteiger partial charge on any atom is -0.325 e. The second kappa shape index (κ2) is 9.33. The highest BCUT2D eigenvalue weighted by atomic mass is 35.5. The highest BCUT2D eigenvalue weighted by Crippen LogP contribution is 2.29. The third kappa shape index (κ3) is 5.77. The fourth-order valence-electron chi connectivity index (χ4n) is 3.04. The van der Waals surface area contributed by atoms with E-state index < -0.39 is 21.2 Å². The number of carbonyl (C=O) groups excluding carboxylic acids is 2. The van der Waals surface area contributed by atoms with Gasteiger partial charge in [0.05, 0.1) is 21.0 Å². The van der Waals surface area contributed by atoms with Crippen LogP contribution in [0.1, 0.15) is 29.8 Å². The summed E-state index contributed by atoms with van der Waals surface area (Å²) in [7, 11) is -3.46. The van der Waals surface area contributed by atoms with Crippen molar-refractivity contribution in [2.24, 2.45) is 0 Å². The molecule has 0 aromatic heterocycles. The Kier molecular flexibility index (Phi) is 6.90. The largest absolute Gasteiger partial charge is 0.325 e. The molecule has 0 saturated heterocycles. The van der Waals surface area contributed by atoms with Gasteiger partial charge in [-0.1, -0.05) is 29.8 Å². The zero-order chi connectivity index (χ0) is 24.4. The van der Waals surface area contributed by atoms with Crippen LogP contribution >= 0.6 is 11.6 Å². The maximum atomic E-state index is 13.2. The van der Waals surface area contributed by atoms with E-state index >= 15 is 0 Å². The summed E-state index contributed by atoms with van der Waals surface area (Å²) >= 11 is 6.29. The first-order chi connectivity index (χ1) is 15.4. The van der Waals surface area contributed by atoms with Gasteiger partial charge in [0, 0.05) is 17.5 Å². The Balaban J connectivity index is 1.74. The average molecular weight is 489 g/mol. The highest BCUT2D eigenvalue weighted by molar-refractivity contribution is 7.90. The van der Waals surface area contributed by atoms with Gasteiger partial charge < -0.3 is 10.6 Å². The second-order valence-corrected chi connectivity index (χ2v) is 10.5. The Bertz CT molecular complexity index is 1320. The summed E-state index contributed by atoms with van der Waals surface area (Å²) in [6.45, 7) is 3.44. The second-order valence-electron chi connectivity index (χ2n) is 8.03. The molecule has 9 heteroatoms. The summed E-state index contributed by atoms with van der Waals surface area (Å²) in [5, 5.41) is 5.59. The number of benzene rings is 3. The van der Waals surface area contributed by atoms with E-state index in [9.17, 15) is 22.4 Å². The van der Waals surface area contributed by atoms with Crippen LogP contribution < -0.4 is 10.6 Å². The SMILES string of the molecule is CC(C)(C(=O)Nc1ccc(NC(=O)c2cccc(S(C)(=O)=O)c2)c(Cl)c1)c1ccc(F)cc1. The molecule has 3 aromatic rings. The number of amides is 2. The number of sulfone groups is 1. The molecule has 0 radical (unpaired) electrons. The minimum absolute atomic E-state index is 0.0306. The number of hydrogen-bond acceptors (Lipinski definition) is 4. The molecule has 0 fully saturated rings. The molecule has 0 atom stereocenters. The lowest BCUT2D eigenvalue weighted by Gasteiger charge is -2.24. The first-order valence-corrected chi connectivity index (χ1v) is 12.1. The van der Waals surface area contributed by atoms with Crippen molar-refractivity contribution < 1.29 is 22.4 Å². The fraction of sp³-hybridized carbons (Fsp3) is 0.167. The first kappa shape index (κ1) is 24.4. The van der Waals surface area contributed by atoms with Gasteiger partial charge >= 0.3 is 0 Å². The molecule has 3 aromatic carbocycles. The highest BCUT2D eigenvalue weighted by Gasteiger charge is 2.30. The lowest BCUT2D eigenvalue weighted by atomic mass is 9.83. The van der Waals surface area contributed by atoms with Gasteiger partial charge in [-0.2, -0.15) is 0 Å². The molecular weight excluding hydrogens is 467 g/mol. The van der Waals surface area contributed by atoms with Gasteiger partial charge in [0.1, 0.15) is 5.82 Å². The smallest absolute Gasteiger partial charge is 0.255 e. The van der Waals surface area contributed by atoms with Crippen LogP contribution in [0.2, 0.25) is 5.02 Å². The summed E-state index contributed by atoms with van der Waals surface area (Å²) < 4.78 is 36.6. The van der Waals surface area contributed by atoms with Crippen molar-refractivity contribution >= 4 is 44.6 Å². The fourth-order valence-corrected chi connectivity index (χ4v) is 3.94. The van der Waals surface area contributed by atoms with Crippen molar-refractivity contribution in [3.8, 4) is 0 Å². The van der Waals surface area contributed by atoms with E-state index in [4.69, 9.17) is 11.6 Å². The number of halogens is 2. The summed E-state index contributed by atoms with van der Waals surface area (Å²) in [5.74, 6) is -1.24. The van der Waals surface area contributed by atoms with Crippen LogP contribution in [0.5, 0.6) is 0 Å². The molecule has 6 nitrogen and oxygen atoms in total. The Hall–Kier alpha value is -3.23. The Labute approximate surface area is 196 Å². The van der Waals surface area contributed by atoms with Gasteiger partial charge in [-0.15, -0.1) is 0 Å². The zero-order valence-electron chi connectivity index (χ0n) is 18.1. The molecule has 0 saturated carbocycles. The van der Waals surface area contributed by atoms with E-state index in [-0.39, 0.29) is 27.2 Å². The average Bonchev–Trinajstić information content (AvgIpc) is 2.75. The van der Waals surface area contributed by atoms with Gasteiger partial charge in [-0.25, -0.2) is 12.8 Å². The molecule has 33 heavy (non-hydrogen) atoms. The molecule has 0 heterocycles. The van der Waals surface area contributed by atoms with E-state index in [1.54, 1.807) is 32.0 Å². The zero-order valence-corrected chi connectivity index (χ0v) is 19.7. The first-order valence-electron chi connectivity index (χ1n) is 9.86. The van der Waals surface area contributed by atoms with Crippen LogP contribution in [-0.4, -0.2) is 26.5 Å². The molecule has 172 valence electrons. The van der Waals surface area contributed by atoms with Crippen LogP contribution in [0.3, 0.4) is 0 Å². The molecule has 0 bridgehead atoms. The third-order valence-corrected chi connectivity index (χ3v) is 6.56. The quantitative estimate of drug-likeness (QED) is 0.507. The summed E-state index contributed by atoms with van der Waals surface area (Å²) in [5.41, 5.74) is 0.581. The molecular formula is C24H22ClFN2O4S. The van der Waals surface area contributed by atoms with Crippen LogP contribution in [0.25, 0.3) is 0 Å². The molecule has 0 aliphatic rings. The normalized spacial score (nSPS) is 11.7. The maximum Gasteiger partial charge on any atom is 0.255 e. The molecule has 2 amide bonds. The van der Waals surface area contributed by atoms with E-state index in [0.717, 1.165) is 6.26 Å². The Morgan fingerprint density at radius 2 is 1.61 bits per heavy atom. The molecule has 2 N–H and O–H groups in total. The minimum atomic E-state index is -3.46. The topological polar surface area (TPSA) is 92.3 Å². The summed E-state index contributed by atoms with van der Waals surface area (Å²) in [4.78, 5) is 25.4. The van der Waals surface area contributed by atoms with Crippen molar-refractivity contribution in [2.75, 3.05) is 16.9 Å². The maximum absolute atomic E-state index is 13.2. The lowest BCUT2D eigenvalue weighted by Crippen LogP contribution is -2.34. The van der Waals surface area contributed by atoms with Crippen molar-refractivity contribution in [1.29, 1.82) is 0 Å². The van der Waals surface area contributed by atoms with Gasteiger partial charge in [0.25, 0.3) is 5.91 Å². The van der Waals surface area contributed by atoms with Crippen LogP contribution in [0.4, 0.5) is 15.8 Å². The molecule has 0 aliphatic carbocycles. The van der Waals surface area contributed by atoms with E-state index in [1.165, 1.54) is 48.5 Å². The van der Waals surface area contributed by atoms with Crippen molar-refractivity contribution in [3.05, 3.63) is 88.7 Å². The van der Waals surface area contributed by atoms with E-state index in [0.29, 0.717) is 16.9 Å². The van der Waals surface area contributed by atoms with Crippen molar-refractivity contribution in [3.63, 3.8) is 0 Å². The monoisotopic (exact) mass is 488 g/mol. The third-order valence-electron chi connectivity index (χ3n) is 5.13. The van der Waals surface area contributed by atoms with Crippen molar-refractivity contribution in [2.45, 2.75) is 24.2 Å². The van der Waals surface area contributed by atoms with Gasteiger partial charge in [-0.3, -0.25) is 9.59 Å². The van der Waals surface area contributed by atoms with E-state index in [2.05, 4.69) is 10.6 Å². The molecule has 3 rings (SSSR count). The van der Waals surface area contributed by atoms with E-state index in [1.807, 2.05) is 0 Å². The van der Waals surface area contributed by atoms with Gasteiger partial charge in [0.15, 0.2) is 9.84 Å². The Morgan fingerprint density at radius 3 is 2.21 bits per heavy atom. The number of hydrogen-bond donors (Lipinski definition) is 2. The standard InChI is InChI=1S/C24H22ClFN2O4S/c1-24(2,16-7-9-17(26)10-8-16)23(30)27-18-11-12-21(20(25)14-18)28-22(29)15-5-4-6-19(13-15)33(3,31)32/h4-14H,1-3H3,(H,27,30)(H,28,29).